The lowest BCUT2D eigenvalue weighted by Gasteiger charge is -2.23. The lowest BCUT2D eigenvalue weighted by molar-refractivity contribution is 0.399. The van der Waals surface area contributed by atoms with Crippen molar-refractivity contribution < 1.29 is 4.74 Å². The van der Waals surface area contributed by atoms with Gasteiger partial charge in [-0.25, -0.2) is 9.97 Å². The minimum Gasteiger partial charge on any atom is -0.496 e. The molecule has 3 nitrogen and oxygen atoms in total. The van der Waals surface area contributed by atoms with Crippen molar-refractivity contribution in [1.82, 2.24) is 9.97 Å². The Morgan fingerprint density at radius 1 is 1.11 bits per heavy atom. The number of methoxy groups -OCH3 is 1. The molecular formula is C15H18N2O. The number of rotatable bonds is 2. The van der Waals surface area contributed by atoms with Crippen LogP contribution in [0.5, 0.6) is 5.75 Å². The van der Waals surface area contributed by atoms with Gasteiger partial charge in [-0.15, -0.1) is 0 Å². The largest absolute Gasteiger partial charge is 0.496 e. The molecule has 1 aromatic heterocycles. The van der Waals surface area contributed by atoms with Crippen molar-refractivity contribution in [3.8, 4) is 17.0 Å². The number of hydrogen-bond acceptors (Lipinski definition) is 3. The highest BCUT2D eigenvalue weighted by atomic mass is 16.5. The Kier molecular flexibility index (Phi) is 3.32. The zero-order valence-corrected chi connectivity index (χ0v) is 11.3. The number of ether oxygens (including phenoxy) is 1. The van der Waals surface area contributed by atoms with Gasteiger partial charge in [0.05, 0.1) is 12.8 Å². The third kappa shape index (κ3) is 2.35. The second-order valence-electron chi connectivity index (χ2n) is 5.23. The molecule has 2 rings (SSSR count). The lowest BCUT2D eigenvalue weighted by atomic mass is 9.85. The van der Waals surface area contributed by atoms with Crippen LogP contribution in [0.4, 0.5) is 0 Å². The maximum absolute atomic E-state index is 5.60. The van der Waals surface area contributed by atoms with Crippen LogP contribution in [-0.4, -0.2) is 17.1 Å². The summed E-state index contributed by atoms with van der Waals surface area (Å²) in [6, 6.07) is 8.06. The highest BCUT2D eigenvalue weighted by Crippen LogP contribution is 2.38. The minimum atomic E-state index is 0.0361. The zero-order valence-electron chi connectivity index (χ0n) is 11.3. The van der Waals surface area contributed by atoms with Crippen molar-refractivity contribution >= 4 is 0 Å². The van der Waals surface area contributed by atoms with E-state index in [0.29, 0.717) is 0 Å². The van der Waals surface area contributed by atoms with Crippen LogP contribution in [0, 0.1) is 0 Å². The van der Waals surface area contributed by atoms with E-state index in [2.05, 4.69) is 36.8 Å². The van der Waals surface area contributed by atoms with Crippen LogP contribution in [-0.2, 0) is 5.41 Å². The van der Waals surface area contributed by atoms with Crippen LogP contribution in [0.2, 0.25) is 0 Å². The minimum absolute atomic E-state index is 0.0361. The van der Waals surface area contributed by atoms with Crippen LogP contribution in [0.3, 0.4) is 0 Å². The highest BCUT2D eigenvalue weighted by molar-refractivity contribution is 5.69. The van der Waals surface area contributed by atoms with E-state index in [1.807, 2.05) is 18.2 Å². The molecule has 0 amide bonds. The fourth-order valence-corrected chi connectivity index (χ4v) is 2.00. The molecule has 0 spiro atoms. The van der Waals surface area contributed by atoms with Crippen LogP contribution in [0.15, 0.2) is 36.8 Å². The van der Waals surface area contributed by atoms with Gasteiger partial charge >= 0.3 is 0 Å². The maximum atomic E-state index is 5.60. The maximum Gasteiger partial charge on any atom is 0.131 e. The molecule has 0 aliphatic heterocycles. The fourth-order valence-electron chi connectivity index (χ4n) is 2.00. The summed E-state index contributed by atoms with van der Waals surface area (Å²) in [5.74, 6) is 0.892. The standard InChI is InChI=1S/C15H18N2O/c1-15(2,3)12-7-5-6-11(14(12)18-4)13-8-9-16-10-17-13/h5-10H,1-4H3. The molecule has 0 radical (unpaired) electrons. The van der Waals surface area contributed by atoms with Crippen LogP contribution in [0.25, 0.3) is 11.3 Å². The van der Waals surface area contributed by atoms with Gasteiger partial charge < -0.3 is 4.74 Å². The Hall–Kier alpha value is -1.90. The predicted molar refractivity (Wildman–Crippen MR) is 72.7 cm³/mol. The van der Waals surface area contributed by atoms with Crippen molar-refractivity contribution in [3.63, 3.8) is 0 Å². The first-order valence-corrected chi connectivity index (χ1v) is 5.98. The molecule has 3 heteroatoms. The molecule has 0 aliphatic carbocycles. The van der Waals surface area contributed by atoms with Gasteiger partial charge in [-0.05, 0) is 17.5 Å². The predicted octanol–water partition coefficient (Wildman–Crippen LogP) is 3.45. The molecular weight excluding hydrogens is 224 g/mol. The van der Waals surface area contributed by atoms with Crippen LogP contribution >= 0.6 is 0 Å². The second kappa shape index (κ2) is 4.77. The number of hydrogen-bond donors (Lipinski definition) is 0. The highest BCUT2D eigenvalue weighted by Gasteiger charge is 2.21. The molecule has 0 saturated heterocycles. The van der Waals surface area contributed by atoms with Gasteiger partial charge in [0, 0.05) is 17.3 Å². The Labute approximate surface area is 108 Å². The Morgan fingerprint density at radius 2 is 1.89 bits per heavy atom. The molecule has 0 bridgehead atoms. The summed E-state index contributed by atoms with van der Waals surface area (Å²) in [5.41, 5.74) is 3.11. The summed E-state index contributed by atoms with van der Waals surface area (Å²) < 4.78 is 5.60. The number of para-hydroxylation sites is 1. The first-order chi connectivity index (χ1) is 8.54. The quantitative estimate of drug-likeness (QED) is 0.809. The van der Waals surface area contributed by atoms with E-state index < -0.39 is 0 Å². The summed E-state index contributed by atoms with van der Waals surface area (Å²) in [6.45, 7) is 6.53. The molecule has 0 atom stereocenters. The number of aromatic nitrogens is 2. The summed E-state index contributed by atoms with van der Waals surface area (Å²) in [5, 5.41) is 0. The normalized spacial score (nSPS) is 11.3. The SMILES string of the molecule is COc1c(-c2ccncn2)cccc1C(C)(C)C. The molecule has 0 fully saturated rings. The van der Waals surface area contributed by atoms with E-state index in [1.54, 1.807) is 19.6 Å². The first kappa shape index (κ1) is 12.6. The smallest absolute Gasteiger partial charge is 0.131 e. The third-order valence-electron chi connectivity index (χ3n) is 2.89. The molecule has 94 valence electrons. The third-order valence-corrected chi connectivity index (χ3v) is 2.89. The van der Waals surface area contributed by atoms with E-state index in [1.165, 1.54) is 5.56 Å². The number of benzene rings is 1. The Bertz CT molecular complexity index is 530. The molecule has 0 unspecified atom stereocenters. The first-order valence-electron chi connectivity index (χ1n) is 5.98. The van der Waals surface area contributed by atoms with Gasteiger partial charge in [-0.3, -0.25) is 0 Å². The average Bonchev–Trinajstić information content (AvgIpc) is 2.37. The van der Waals surface area contributed by atoms with E-state index >= 15 is 0 Å². The van der Waals surface area contributed by atoms with Crippen molar-refractivity contribution in [1.29, 1.82) is 0 Å². The van der Waals surface area contributed by atoms with Crippen LogP contribution in [0.1, 0.15) is 26.3 Å². The molecule has 18 heavy (non-hydrogen) atoms. The molecule has 0 N–H and O–H groups in total. The molecule has 0 saturated carbocycles. The van der Waals surface area contributed by atoms with Gasteiger partial charge in [0.25, 0.3) is 0 Å². The molecule has 1 heterocycles. The summed E-state index contributed by atoms with van der Waals surface area (Å²) in [4.78, 5) is 8.24. The number of nitrogens with zero attached hydrogens (tertiary/aromatic N) is 2. The van der Waals surface area contributed by atoms with Gasteiger partial charge in [0.1, 0.15) is 12.1 Å². The summed E-state index contributed by atoms with van der Waals surface area (Å²) in [6.07, 6.45) is 3.30. The molecule has 2 aromatic rings. The van der Waals surface area contributed by atoms with Crippen molar-refractivity contribution in [2.24, 2.45) is 0 Å². The average molecular weight is 242 g/mol. The van der Waals surface area contributed by atoms with Gasteiger partial charge in [0.2, 0.25) is 0 Å². The summed E-state index contributed by atoms with van der Waals surface area (Å²) in [7, 11) is 1.70. The zero-order chi connectivity index (χ0) is 13.2. The van der Waals surface area contributed by atoms with E-state index in [-0.39, 0.29) is 5.41 Å². The van der Waals surface area contributed by atoms with Gasteiger partial charge in [-0.2, -0.15) is 0 Å². The summed E-state index contributed by atoms with van der Waals surface area (Å²) >= 11 is 0. The monoisotopic (exact) mass is 242 g/mol. The van der Waals surface area contributed by atoms with E-state index in [4.69, 9.17) is 4.74 Å². The van der Waals surface area contributed by atoms with E-state index in [9.17, 15) is 0 Å². The Morgan fingerprint density at radius 3 is 2.44 bits per heavy atom. The van der Waals surface area contributed by atoms with Gasteiger partial charge in [-0.1, -0.05) is 32.9 Å². The molecule has 0 aliphatic rings. The van der Waals surface area contributed by atoms with Gasteiger partial charge in [0.15, 0.2) is 0 Å². The molecule has 1 aromatic carbocycles. The van der Waals surface area contributed by atoms with E-state index in [0.717, 1.165) is 17.0 Å². The fraction of sp³-hybridized carbons (Fsp3) is 0.333. The van der Waals surface area contributed by atoms with Crippen molar-refractivity contribution in [3.05, 3.63) is 42.4 Å². The second-order valence-corrected chi connectivity index (χ2v) is 5.23. The van der Waals surface area contributed by atoms with Crippen LogP contribution < -0.4 is 4.74 Å². The Balaban J connectivity index is 2.63. The van der Waals surface area contributed by atoms with Crippen molar-refractivity contribution in [2.45, 2.75) is 26.2 Å². The van der Waals surface area contributed by atoms with Crippen molar-refractivity contribution in [2.75, 3.05) is 7.11 Å². The lowest BCUT2D eigenvalue weighted by Crippen LogP contribution is -2.13. The topological polar surface area (TPSA) is 35.0 Å².